The summed E-state index contributed by atoms with van der Waals surface area (Å²) in [7, 11) is 2.77. The minimum atomic E-state index is -3.04. The van der Waals surface area contributed by atoms with E-state index >= 15 is 0 Å². The van der Waals surface area contributed by atoms with Crippen LogP contribution in [0, 0.1) is 11.8 Å². The van der Waals surface area contributed by atoms with Crippen molar-refractivity contribution in [3.05, 3.63) is 40.2 Å². The van der Waals surface area contributed by atoms with Crippen molar-refractivity contribution in [2.24, 2.45) is 17.6 Å². The van der Waals surface area contributed by atoms with Crippen LogP contribution in [0.5, 0.6) is 5.75 Å². The molecule has 3 aliphatic rings. The van der Waals surface area contributed by atoms with E-state index in [0.717, 1.165) is 0 Å². The number of aliphatic hydroxyl groups excluding tert-OH is 4. The molecule has 176 valence electrons. The number of nitrogens with zero attached hydrogens (tertiary/aromatic N) is 1. The SMILES string of the molecule is CN(C)C1C(=O)C(C(N)=O)=C(O)[C@@]2(O)C(=O)C3=C(O)c4c(ccc(N)c4O)[C@H](O)[C@H]3[C@H](O)[C@@H]12. The quantitative estimate of drug-likeness (QED) is 0.136. The second-order valence-corrected chi connectivity index (χ2v) is 8.67. The van der Waals surface area contributed by atoms with Gasteiger partial charge >= 0.3 is 0 Å². The summed E-state index contributed by atoms with van der Waals surface area (Å²) in [6.45, 7) is 0. The van der Waals surface area contributed by atoms with E-state index in [1.54, 1.807) is 0 Å². The summed E-state index contributed by atoms with van der Waals surface area (Å²) < 4.78 is 0. The molecule has 0 radical (unpaired) electrons. The number of aliphatic hydroxyl groups is 5. The molecule has 1 amide bonds. The van der Waals surface area contributed by atoms with Crippen molar-refractivity contribution >= 4 is 28.9 Å². The number of carbonyl (C=O) groups is 3. The second-order valence-electron chi connectivity index (χ2n) is 8.67. The van der Waals surface area contributed by atoms with Crippen LogP contribution >= 0.6 is 0 Å². The minimum Gasteiger partial charge on any atom is -0.508 e. The fourth-order valence-electron chi connectivity index (χ4n) is 5.30. The third kappa shape index (κ3) is 2.63. The number of hydrogen-bond donors (Lipinski definition) is 8. The second kappa shape index (κ2) is 7.02. The zero-order valence-corrected chi connectivity index (χ0v) is 17.6. The fraction of sp³-hybridized carbons (Fsp3) is 0.381. The average molecular weight is 461 g/mol. The lowest BCUT2D eigenvalue weighted by atomic mass is 9.55. The Morgan fingerprint density at radius 1 is 1.12 bits per heavy atom. The number of benzene rings is 1. The van der Waals surface area contributed by atoms with Gasteiger partial charge in [-0.25, -0.2) is 0 Å². The number of nitrogens with two attached hydrogens (primary N) is 2. The van der Waals surface area contributed by atoms with E-state index in [9.17, 15) is 45.0 Å². The molecule has 10 N–H and O–H groups in total. The molecule has 33 heavy (non-hydrogen) atoms. The Hall–Kier alpha value is -3.45. The number of primary amides is 1. The number of Topliss-reactive ketones (excluding diaryl/α,β-unsaturated/α-hetero) is 2. The predicted octanol–water partition coefficient (Wildman–Crippen LogP) is -1.99. The number of likely N-dealkylation sites (N-methyl/N-ethyl adjacent to an activating group) is 1. The van der Waals surface area contributed by atoms with Crippen LogP contribution in [-0.4, -0.2) is 84.9 Å². The van der Waals surface area contributed by atoms with Gasteiger partial charge in [0.2, 0.25) is 5.78 Å². The number of nitrogen functional groups attached to an aromatic ring is 1. The van der Waals surface area contributed by atoms with Crippen LogP contribution in [0.1, 0.15) is 17.2 Å². The number of aromatic hydroxyl groups is 1. The number of ketones is 2. The number of anilines is 1. The Balaban J connectivity index is 2.07. The molecule has 1 aromatic carbocycles. The number of rotatable bonds is 2. The van der Waals surface area contributed by atoms with E-state index in [0.29, 0.717) is 0 Å². The third-order valence-corrected chi connectivity index (χ3v) is 6.79. The van der Waals surface area contributed by atoms with Crippen molar-refractivity contribution in [3.8, 4) is 5.75 Å². The van der Waals surface area contributed by atoms with E-state index in [4.69, 9.17) is 11.5 Å². The van der Waals surface area contributed by atoms with Gasteiger partial charge in [0.25, 0.3) is 5.91 Å². The Morgan fingerprint density at radius 3 is 2.27 bits per heavy atom. The van der Waals surface area contributed by atoms with Crippen molar-refractivity contribution in [1.29, 1.82) is 0 Å². The van der Waals surface area contributed by atoms with Crippen molar-refractivity contribution < 1.29 is 45.0 Å². The molecule has 4 rings (SSSR count). The molecule has 1 fully saturated rings. The number of fused-ring (bicyclic) bond motifs is 3. The number of phenolic OH excluding ortho intramolecular Hbond substituents is 1. The molecule has 3 aliphatic carbocycles. The smallest absolute Gasteiger partial charge is 0.255 e. The first-order chi connectivity index (χ1) is 15.3. The average Bonchev–Trinajstić information content (AvgIpc) is 2.72. The summed E-state index contributed by atoms with van der Waals surface area (Å²) in [5.74, 6) is -9.98. The van der Waals surface area contributed by atoms with Gasteiger partial charge in [0.15, 0.2) is 11.4 Å². The molecule has 0 saturated heterocycles. The van der Waals surface area contributed by atoms with Gasteiger partial charge in [0.1, 0.15) is 22.8 Å². The largest absolute Gasteiger partial charge is 0.508 e. The minimum absolute atomic E-state index is 0.0497. The molecule has 0 aromatic heterocycles. The standard InChI is InChI=1S/C21H23N3O9/c1-24(2)12-11-16(28)8-9(15(27)7-5(13(8)25)3-4-6(22)14(7)26)18(30)21(11,33)19(31)10(17(12)29)20(23)32/h3-4,8,11-13,16,25-28,31,33H,22H2,1-2H3,(H2,23,32)/t8-,11+,12?,13-,16-,21-/m0/s1. The molecule has 6 atom stereocenters. The molecule has 1 aromatic rings. The highest BCUT2D eigenvalue weighted by Gasteiger charge is 2.68. The highest BCUT2D eigenvalue weighted by atomic mass is 16.4. The zero-order chi connectivity index (χ0) is 24.7. The molecule has 0 spiro atoms. The molecular weight excluding hydrogens is 438 g/mol. The molecule has 12 nitrogen and oxygen atoms in total. The van der Waals surface area contributed by atoms with Gasteiger partial charge in [-0.3, -0.25) is 19.3 Å². The number of hydrogen-bond acceptors (Lipinski definition) is 11. The molecule has 0 bridgehead atoms. The van der Waals surface area contributed by atoms with Gasteiger partial charge in [0, 0.05) is 11.5 Å². The van der Waals surface area contributed by atoms with Gasteiger partial charge in [0.05, 0.1) is 35.4 Å². The first kappa shape index (κ1) is 22.7. The Kier molecular flexibility index (Phi) is 4.84. The van der Waals surface area contributed by atoms with Crippen LogP contribution in [0.3, 0.4) is 0 Å². The summed E-state index contributed by atoms with van der Waals surface area (Å²) in [4.78, 5) is 39.7. The Morgan fingerprint density at radius 2 is 1.73 bits per heavy atom. The predicted molar refractivity (Wildman–Crippen MR) is 111 cm³/mol. The highest BCUT2D eigenvalue weighted by molar-refractivity contribution is 6.24. The number of phenols is 1. The van der Waals surface area contributed by atoms with Crippen LogP contribution in [0.25, 0.3) is 5.76 Å². The van der Waals surface area contributed by atoms with E-state index in [2.05, 4.69) is 0 Å². The topological polar surface area (TPSA) is 228 Å². The van der Waals surface area contributed by atoms with Crippen LogP contribution in [0.15, 0.2) is 29.0 Å². The fourth-order valence-corrected chi connectivity index (χ4v) is 5.30. The van der Waals surface area contributed by atoms with Crippen LogP contribution in [0.2, 0.25) is 0 Å². The van der Waals surface area contributed by atoms with E-state index < -0.39 is 81.6 Å². The third-order valence-electron chi connectivity index (χ3n) is 6.79. The van der Waals surface area contributed by atoms with Crippen LogP contribution < -0.4 is 11.5 Å². The molecular formula is C21H23N3O9. The number of amides is 1. The number of carbonyl (C=O) groups excluding carboxylic acids is 3. The van der Waals surface area contributed by atoms with Gasteiger partial charge in [-0.05, 0) is 25.7 Å². The first-order valence-electron chi connectivity index (χ1n) is 9.90. The normalized spacial score (nSPS) is 33.7. The van der Waals surface area contributed by atoms with Gasteiger partial charge < -0.3 is 42.1 Å². The molecule has 1 unspecified atom stereocenters. The Bertz CT molecular complexity index is 1190. The first-order valence-corrected chi connectivity index (χ1v) is 9.90. The molecule has 0 heterocycles. The Labute approximate surface area is 186 Å². The van der Waals surface area contributed by atoms with Gasteiger partial charge in [-0.2, -0.15) is 0 Å². The zero-order valence-electron chi connectivity index (χ0n) is 17.6. The maximum atomic E-state index is 13.6. The summed E-state index contributed by atoms with van der Waals surface area (Å²) in [5.41, 5.74) is 5.51. The molecule has 0 aliphatic heterocycles. The van der Waals surface area contributed by atoms with Crippen molar-refractivity contribution in [2.75, 3.05) is 19.8 Å². The monoisotopic (exact) mass is 461 g/mol. The van der Waals surface area contributed by atoms with Crippen molar-refractivity contribution in [2.45, 2.75) is 23.9 Å². The van der Waals surface area contributed by atoms with E-state index in [1.807, 2.05) is 0 Å². The summed E-state index contributed by atoms with van der Waals surface area (Å²) in [5, 5.41) is 65.7. The summed E-state index contributed by atoms with van der Waals surface area (Å²) in [6, 6.07) is 1.05. The van der Waals surface area contributed by atoms with Crippen LogP contribution in [0.4, 0.5) is 5.69 Å². The van der Waals surface area contributed by atoms with E-state index in [1.165, 1.54) is 31.1 Å². The summed E-state index contributed by atoms with van der Waals surface area (Å²) >= 11 is 0. The molecule has 12 heteroatoms. The lowest BCUT2D eigenvalue weighted by Gasteiger charge is -2.53. The van der Waals surface area contributed by atoms with Crippen molar-refractivity contribution in [1.82, 2.24) is 4.90 Å². The molecule has 1 saturated carbocycles. The highest BCUT2D eigenvalue weighted by Crippen LogP contribution is 2.55. The van der Waals surface area contributed by atoms with Crippen LogP contribution in [-0.2, 0) is 14.4 Å². The van der Waals surface area contributed by atoms with Gasteiger partial charge in [-0.15, -0.1) is 0 Å². The maximum Gasteiger partial charge on any atom is 0.255 e. The van der Waals surface area contributed by atoms with Crippen molar-refractivity contribution in [3.63, 3.8) is 0 Å². The lowest BCUT2D eigenvalue weighted by molar-refractivity contribution is -0.174. The maximum absolute atomic E-state index is 13.6. The lowest BCUT2D eigenvalue weighted by Crippen LogP contribution is -2.70. The van der Waals surface area contributed by atoms with E-state index in [-0.39, 0.29) is 16.8 Å². The summed E-state index contributed by atoms with van der Waals surface area (Å²) in [6.07, 6.45) is -3.54. The van der Waals surface area contributed by atoms with Gasteiger partial charge in [-0.1, -0.05) is 6.07 Å².